The van der Waals surface area contributed by atoms with E-state index >= 15 is 0 Å². The van der Waals surface area contributed by atoms with Gasteiger partial charge < -0.3 is 9.64 Å². The van der Waals surface area contributed by atoms with Crippen LogP contribution in [0, 0.1) is 0 Å². The summed E-state index contributed by atoms with van der Waals surface area (Å²) >= 11 is 0. The van der Waals surface area contributed by atoms with Gasteiger partial charge in [0.1, 0.15) is 11.2 Å². The summed E-state index contributed by atoms with van der Waals surface area (Å²) in [4.78, 5) is 29.4. The van der Waals surface area contributed by atoms with Gasteiger partial charge in [-0.2, -0.15) is 0 Å². The summed E-state index contributed by atoms with van der Waals surface area (Å²) in [5, 5.41) is 0. The molecule has 4 rings (SSSR count). The van der Waals surface area contributed by atoms with Crippen LogP contribution in [0.3, 0.4) is 0 Å². The third-order valence-corrected chi connectivity index (χ3v) is 5.62. The largest absolute Gasteiger partial charge is 0.497 e. The van der Waals surface area contributed by atoms with Gasteiger partial charge in [0.15, 0.2) is 5.78 Å². The zero-order valence-electron chi connectivity index (χ0n) is 16.9. The van der Waals surface area contributed by atoms with Gasteiger partial charge in [0, 0.05) is 16.8 Å². The SMILES string of the molecule is C=CCC1(C(=O)c2ccccc2)C(=O)N(Cc2ccccc2)c2ccc(OC)cc21. The van der Waals surface area contributed by atoms with E-state index in [1.807, 2.05) is 66.7 Å². The quantitative estimate of drug-likeness (QED) is 0.322. The minimum Gasteiger partial charge on any atom is -0.497 e. The van der Waals surface area contributed by atoms with E-state index in [0.717, 1.165) is 11.3 Å². The fourth-order valence-corrected chi connectivity index (χ4v) is 4.16. The van der Waals surface area contributed by atoms with Gasteiger partial charge in [-0.1, -0.05) is 66.7 Å². The van der Waals surface area contributed by atoms with E-state index in [2.05, 4.69) is 6.58 Å². The molecule has 30 heavy (non-hydrogen) atoms. The monoisotopic (exact) mass is 397 g/mol. The molecular formula is C26H23NO3. The molecule has 1 heterocycles. The molecule has 1 amide bonds. The molecule has 0 bridgehead atoms. The average molecular weight is 397 g/mol. The Hall–Kier alpha value is -3.66. The van der Waals surface area contributed by atoms with Crippen molar-refractivity contribution in [1.29, 1.82) is 0 Å². The van der Waals surface area contributed by atoms with E-state index < -0.39 is 5.41 Å². The second kappa shape index (κ2) is 7.99. The third-order valence-electron chi connectivity index (χ3n) is 5.62. The average Bonchev–Trinajstić information content (AvgIpc) is 3.03. The number of ether oxygens (including phenoxy) is 1. The summed E-state index contributed by atoms with van der Waals surface area (Å²) < 4.78 is 5.42. The van der Waals surface area contributed by atoms with Gasteiger partial charge in [-0.25, -0.2) is 0 Å². The Kier molecular flexibility index (Phi) is 5.23. The van der Waals surface area contributed by atoms with Gasteiger partial charge >= 0.3 is 0 Å². The van der Waals surface area contributed by atoms with Crippen molar-refractivity contribution < 1.29 is 14.3 Å². The highest BCUT2D eigenvalue weighted by Crippen LogP contribution is 2.48. The smallest absolute Gasteiger partial charge is 0.246 e. The first-order chi connectivity index (χ1) is 14.6. The minimum atomic E-state index is -1.36. The molecule has 0 radical (unpaired) electrons. The van der Waals surface area contributed by atoms with E-state index in [1.54, 1.807) is 30.2 Å². The summed E-state index contributed by atoms with van der Waals surface area (Å²) in [5.74, 6) is 0.152. The number of fused-ring (bicyclic) bond motifs is 1. The second-order valence-electron chi connectivity index (χ2n) is 7.35. The number of anilines is 1. The number of ketones is 1. The van der Waals surface area contributed by atoms with E-state index in [0.29, 0.717) is 23.4 Å². The molecule has 4 heteroatoms. The molecule has 3 aromatic rings. The Morgan fingerprint density at radius 2 is 1.70 bits per heavy atom. The van der Waals surface area contributed by atoms with Crippen molar-refractivity contribution in [3.05, 3.63) is 108 Å². The second-order valence-corrected chi connectivity index (χ2v) is 7.35. The molecule has 1 aliphatic rings. The molecule has 1 unspecified atom stereocenters. The van der Waals surface area contributed by atoms with Crippen LogP contribution < -0.4 is 9.64 Å². The highest BCUT2D eigenvalue weighted by molar-refractivity contribution is 6.26. The Morgan fingerprint density at radius 3 is 2.33 bits per heavy atom. The number of hydrogen-bond acceptors (Lipinski definition) is 3. The van der Waals surface area contributed by atoms with Gasteiger partial charge in [-0.05, 0) is 30.2 Å². The van der Waals surface area contributed by atoms with Gasteiger partial charge in [-0.15, -0.1) is 6.58 Å². The van der Waals surface area contributed by atoms with Crippen LogP contribution in [0.25, 0.3) is 0 Å². The molecule has 0 saturated carbocycles. The van der Waals surface area contributed by atoms with Crippen LogP contribution in [-0.4, -0.2) is 18.8 Å². The van der Waals surface area contributed by atoms with Crippen molar-refractivity contribution in [2.24, 2.45) is 0 Å². The van der Waals surface area contributed by atoms with Crippen LogP contribution in [0.1, 0.15) is 27.9 Å². The Balaban J connectivity index is 1.90. The van der Waals surface area contributed by atoms with E-state index in [4.69, 9.17) is 4.74 Å². The molecular weight excluding hydrogens is 374 g/mol. The van der Waals surface area contributed by atoms with Gasteiger partial charge in [0.2, 0.25) is 5.91 Å². The molecule has 0 spiro atoms. The van der Waals surface area contributed by atoms with Crippen LogP contribution in [0.15, 0.2) is 91.5 Å². The van der Waals surface area contributed by atoms with E-state index in [9.17, 15) is 9.59 Å². The number of amides is 1. The Bertz CT molecular complexity index is 1090. The zero-order chi connectivity index (χ0) is 21.1. The zero-order valence-corrected chi connectivity index (χ0v) is 16.9. The van der Waals surface area contributed by atoms with Crippen LogP contribution >= 0.6 is 0 Å². The maximum Gasteiger partial charge on any atom is 0.246 e. The molecule has 4 nitrogen and oxygen atoms in total. The van der Waals surface area contributed by atoms with Gasteiger partial charge in [0.25, 0.3) is 0 Å². The third kappa shape index (κ3) is 3.11. The minimum absolute atomic E-state index is 0.213. The molecule has 150 valence electrons. The number of rotatable bonds is 7. The predicted octanol–water partition coefficient (Wildman–Crippen LogP) is 4.94. The standard InChI is InChI=1S/C26H23NO3/c1-3-16-26(24(28)20-12-8-5-9-13-20)22-17-21(30-2)14-15-23(22)27(25(26)29)18-19-10-6-4-7-11-19/h3-15,17H,1,16,18H2,2H3. The number of Topliss-reactive ketones (excluding diaryl/α,β-unsaturated/α-hetero) is 1. The fraction of sp³-hybridized carbons (Fsp3) is 0.154. The lowest BCUT2D eigenvalue weighted by Crippen LogP contribution is -2.46. The van der Waals surface area contributed by atoms with Crippen LogP contribution in [0.5, 0.6) is 5.75 Å². The lowest BCUT2D eigenvalue weighted by atomic mass is 9.72. The highest BCUT2D eigenvalue weighted by atomic mass is 16.5. The number of allylic oxidation sites excluding steroid dienone is 1. The van der Waals surface area contributed by atoms with Crippen LogP contribution in [0.4, 0.5) is 5.69 Å². The highest BCUT2D eigenvalue weighted by Gasteiger charge is 2.55. The summed E-state index contributed by atoms with van der Waals surface area (Å²) in [5.41, 5.74) is 1.53. The van der Waals surface area contributed by atoms with Gasteiger partial charge in [0.05, 0.1) is 13.7 Å². The van der Waals surface area contributed by atoms with Crippen molar-refractivity contribution in [3.63, 3.8) is 0 Å². The lowest BCUT2D eigenvalue weighted by molar-refractivity contribution is -0.121. The van der Waals surface area contributed by atoms with Crippen molar-refractivity contribution >= 4 is 17.4 Å². The van der Waals surface area contributed by atoms with Gasteiger partial charge in [-0.3, -0.25) is 9.59 Å². The number of nitrogens with zero attached hydrogens (tertiary/aromatic N) is 1. The van der Waals surface area contributed by atoms with E-state index in [-0.39, 0.29) is 18.1 Å². The maximum atomic E-state index is 13.9. The molecule has 0 N–H and O–H groups in total. The molecule has 1 aliphatic heterocycles. The molecule has 1 atom stereocenters. The number of carbonyl (C=O) groups is 2. The summed E-state index contributed by atoms with van der Waals surface area (Å²) in [6, 6.07) is 24.2. The first-order valence-electron chi connectivity index (χ1n) is 9.87. The maximum absolute atomic E-state index is 13.9. The molecule has 0 fully saturated rings. The van der Waals surface area contributed by atoms with Crippen molar-refractivity contribution in [2.75, 3.05) is 12.0 Å². The van der Waals surface area contributed by atoms with Crippen molar-refractivity contribution in [1.82, 2.24) is 0 Å². The molecule has 0 saturated heterocycles. The normalized spacial score (nSPS) is 17.5. The number of hydrogen-bond donors (Lipinski definition) is 0. The number of benzene rings is 3. The molecule has 0 aliphatic carbocycles. The van der Waals surface area contributed by atoms with Crippen molar-refractivity contribution in [2.45, 2.75) is 18.4 Å². The van der Waals surface area contributed by atoms with Crippen LogP contribution in [0.2, 0.25) is 0 Å². The topological polar surface area (TPSA) is 46.6 Å². The number of methoxy groups -OCH3 is 1. The predicted molar refractivity (Wildman–Crippen MR) is 118 cm³/mol. The first kappa shape index (κ1) is 19.6. The lowest BCUT2D eigenvalue weighted by Gasteiger charge is -2.26. The van der Waals surface area contributed by atoms with Crippen molar-refractivity contribution in [3.8, 4) is 5.75 Å². The Morgan fingerprint density at radius 1 is 1.03 bits per heavy atom. The fourth-order valence-electron chi connectivity index (χ4n) is 4.16. The molecule has 3 aromatic carbocycles. The van der Waals surface area contributed by atoms with E-state index in [1.165, 1.54) is 0 Å². The summed E-state index contributed by atoms with van der Waals surface area (Å²) in [6.45, 7) is 4.24. The summed E-state index contributed by atoms with van der Waals surface area (Å²) in [6.07, 6.45) is 1.86. The van der Waals surface area contributed by atoms with Crippen LogP contribution in [-0.2, 0) is 16.8 Å². The Labute approximate surface area is 176 Å². The molecule has 0 aromatic heterocycles. The summed E-state index contributed by atoms with van der Waals surface area (Å²) in [7, 11) is 1.58. The number of carbonyl (C=O) groups excluding carboxylic acids is 2. The first-order valence-corrected chi connectivity index (χ1v) is 9.87.